The largest absolute Gasteiger partial charge is 0.438 e. The van der Waals surface area contributed by atoms with E-state index in [1.807, 2.05) is 13.0 Å². The number of benzene rings is 1. The van der Waals surface area contributed by atoms with Crippen molar-refractivity contribution in [2.75, 3.05) is 13.2 Å². The van der Waals surface area contributed by atoms with Gasteiger partial charge in [-0.3, -0.25) is 4.79 Å². The van der Waals surface area contributed by atoms with Gasteiger partial charge in [0.2, 0.25) is 5.88 Å². The van der Waals surface area contributed by atoms with Gasteiger partial charge in [0.15, 0.2) is 5.69 Å². The number of nitrogens with one attached hydrogen (secondary N) is 1. The summed E-state index contributed by atoms with van der Waals surface area (Å²) < 4.78 is 10.9. The summed E-state index contributed by atoms with van der Waals surface area (Å²) >= 11 is 5.98. The van der Waals surface area contributed by atoms with Gasteiger partial charge in [0, 0.05) is 30.3 Å². The van der Waals surface area contributed by atoms with Crippen LogP contribution < -0.4 is 10.1 Å². The average Bonchev–Trinajstić information content (AvgIpc) is 2.60. The predicted molar refractivity (Wildman–Crippen MR) is 89.6 cm³/mol. The molecule has 1 aliphatic rings. The van der Waals surface area contributed by atoms with E-state index in [-0.39, 0.29) is 17.6 Å². The van der Waals surface area contributed by atoms with Crippen molar-refractivity contribution >= 4 is 17.5 Å². The van der Waals surface area contributed by atoms with Crippen molar-refractivity contribution < 1.29 is 14.3 Å². The highest BCUT2D eigenvalue weighted by Crippen LogP contribution is 2.24. The van der Waals surface area contributed by atoms with Gasteiger partial charge in [0.05, 0.1) is 0 Å². The monoisotopic (exact) mass is 347 g/mol. The third kappa shape index (κ3) is 4.21. The Hall–Kier alpha value is -2.18. The van der Waals surface area contributed by atoms with Crippen molar-refractivity contribution in [2.24, 2.45) is 0 Å². The molecule has 0 bridgehead atoms. The van der Waals surface area contributed by atoms with Gasteiger partial charge in [0.25, 0.3) is 5.91 Å². The molecule has 1 aromatic heterocycles. The summed E-state index contributed by atoms with van der Waals surface area (Å²) in [6.45, 7) is 3.23. The quantitative estimate of drug-likeness (QED) is 0.919. The highest BCUT2D eigenvalue weighted by atomic mass is 35.5. The Morgan fingerprint density at radius 2 is 2.04 bits per heavy atom. The van der Waals surface area contributed by atoms with Crippen molar-refractivity contribution in [1.29, 1.82) is 0 Å². The van der Waals surface area contributed by atoms with Crippen LogP contribution in [0.25, 0.3) is 0 Å². The first kappa shape index (κ1) is 16.7. The predicted octanol–water partition coefficient (Wildman–Crippen LogP) is 3.14. The lowest BCUT2D eigenvalue weighted by molar-refractivity contribution is 0.0693. The van der Waals surface area contributed by atoms with E-state index in [4.69, 9.17) is 21.1 Å². The van der Waals surface area contributed by atoms with E-state index in [2.05, 4.69) is 15.5 Å². The van der Waals surface area contributed by atoms with Crippen molar-refractivity contribution in [3.8, 4) is 11.6 Å². The molecule has 2 heterocycles. The second kappa shape index (κ2) is 7.59. The molecule has 0 spiro atoms. The van der Waals surface area contributed by atoms with Crippen molar-refractivity contribution in [3.63, 3.8) is 0 Å². The number of carbonyl (C=O) groups is 1. The van der Waals surface area contributed by atoms with Gasteiger partial charge in [0.1, 0.15) is 5.75 Å². The first-order chi connectivity index (χ1) is 11.6. The molecular weight excluding hydrogens is 330 g/mol. The number of hydrogen-bond acceptors (Lipinski definition) is 5. The van der Waals surface area contributed by atoms with Gasteiger partial charge in [-0.15, -0.1) is 10.2 Å². The van der Waals surface area contributed by atoms with Crippen LogP contribution in [0, 0.1) is 6.92 Å². The Bertz CT molecular complexity index is 716. The summed E-state index contributed by atoms with van der Waals surface area (Å²) in [7, 11) is 0. The zero-order valence-electron chi connectivity index (χ0n) is 13.3. The maximum absolute atomic E-state index is 12.2. The summed E-state index contributed by atoms with van der Waals surface area (Å²) in [5, 5.41) is 11.5. The van der Waals surface area contributed by atoms with Crippen LogP contribution >= 0.6 is 11.6 Å². The second-order valence-electron chi connectivity index (χ2n) is 5.63. The van der Waals surface area contributed by atoms with Crippen LogP contribution in [-0.2, 0) is 4.74 Å². The molecule has 0 atom stereocenters. The summed E-state index contributed by atoms with van der Waals surface area (Å²) in [6.07, 6.45) is 1.63. The number of aryl methyl sites for hydroxylation is 1. The molecule has 1 aliphatic heterocycles. The minimum absolute atomic E-state index is 0.126. The SMILES string of the molecule is Cc1cc(Oc2ccc(C(=O)NC3CCOCC3)nn2)ccc1Cl. The molecule has 1 aromatic carbocycles. The lowest BCUT2D eigenvalue weighted by Gasteiger charge is -2.22. The second-order valence-corrected chi connectivity index (χ2v) is 6.04. The summed E-state index contributed by atoms with van der Waals surface area (Å²) in [5.41, 5.74) is 1.18. The number of ether oxygens (including phenoxy) is 2. The van der Waals surface area contributed by atoms with Crippen molar-refractivity contribution in [2.45, 2.75) is 25.8 Å². The molecule has 7 heteroatoms. The fourth-order valence-electron chi connectivity index (χ4n) is 2.40. The van der Waals surface area contributed by atoms with E-state index in [0.29, 0.717) is 29.9 Å². The third-order valence-electron chi connectivity index (χ3n) is 3.78. The van der Waals surface area contributed by atoms with E-state index in [0.717, 1.165) is 18.4 Å². The fraction of sp³-hybridized carbons (Fsp3) is 0.353. The van der Waals surface area contributed by atoms with E-state index >= 15 is 0 Å². The smallest absolute Gasteiger partial charge is 0.272 e. The molecule has 1 N–H and O–H groups in total. The highest BCUT2D eigenvalue weighted by molar-refractivity contribution is 6.31. The van der Waals surface area contributed by atoms with Crippen LogP contribution in [0.3, 0.4) is 0 Å². The summed E-state index contributed by atoms with van der Waals surface area (Å²) in [4.78, 5) is 12.2. The van der Waals surface area contributed by atoms with Crippen molar-refractivity contribution in [3.05, 3.63) is 46.6 Å². The number of aromatic nitrogens is 2. The van der Waals surface area contributed by atoms with Crippen LogP contribution in [0.5, 0.6) is 11.6 Å². The topological polar surface area (TPSA) is 73.3 Å². The van der Waals surface area contributed by atoms with E-state index < -0.39 is 0 Å². The minimum Gasteiger partial charge on any atom is -0.438 e. The molecule has 0 aliphatic carbocycles. The number of carbonyl (C=O) groups excluding carboxylic acids is 1. The third-order valence-corrected chi connectivity index (χ3v) is 4.21. The molecule has 1 amide bonds. The number of halogens is 1. The Labute approximate surface area is 145 Å². The lowest BCUT2D eigenvalue weighted by Crippen LogP contribution is -2.39. The average molecular weight is 348 g/mol. The molecule has 24 heavy (non-hydrogen) atoms. The van der Waals surface area contributed by atoms with E-state index in [1.165, 1.54) is 0 Å². The zero-order chi connectivity index (χ0) is 16.9. The number of rotatable bonds is 4. The summed E-state index contributed by atoms with van der Waals surface area (Å²) in [5.74, 6) is 0.702. The summed E-state index contributed by atoms with van der Waals surface area (Å²) in [6, 6.07) is 8.67. The molecule has 0 saturated carbocycles. The first-order valence-corrected chi connectivity index (χ1v) is 8.16. The molecular formula is C17H18ClN3O3. The maximum Gasteiger partial charge on any atom is 0.272 e. The molecule has 1 fully saturated rings. The number of hydrogen-bond donors (Lipinski definition) is 1. The van der Waals surface area contributed by atoms with Gasteiger partial charge in [-0.05, 0) is 49.6 Å². The zero-order valence-corrected chi connectivity index (χ0v) is 14.0. The van der Waals surface area contributed by atoms with Crippen LogP contribution in [-0.4, -0.2) is 35.4 Å². The lowest BCUT2D eigenvalue weighted by atomic mass is 10.1. The van der Waals surface area contributed by atoms with Gasteiger partial charge < -0.3 is 14.8 Å². The van der Waals surface area contributed by atoms with Gasteiger partial charge in [-0.1, -0.05) is 11.6 Å². The van der Waals surface area contributed by atoms with Crippen LogP contribution in [0.15, 0.2) is 30.3 Å². The standard InChI is InChI=1S/C17H18ClN3O3/c1-11-10-13(2-3-14(11)18)24-16-5-4-15(20-21-16)17(22)19-12-6-8-23-9-7-12/h2-5,10,12H,6-9H2,1H3,(H,19,22). The van der Waals surface area contributed by atoms with Gasteiger partial charge >= 0.3 is 0 Å². The van der Waals surface area contributed by atoms with Crippen LogP contribution in [0.2, 0.25) is 5.02 Å². The van der Waals surface area contributed by atoms with E-state index in [1.54, 1.807) is 24.3 Å². The molecule has 1 saturated heterocycles. The fourth-order valence-corrected chi connectivity index (χ4v) is 2.52. The van der Waals surface area contributed by atoms with Crippen LogP contribution in [0.1, 0.15) is 28.9 Å². The number of nitrogens with zero attached hydrogens (tertiary/aromatic N) is 2. The molecule has 2 aromatic rings. The highest BCUT2D eigenvalue weighted by Gasteiger charge is 2.18. The normalized spacial score (nSPS) is 15.1. The Balaban J connectivity index is 1.61. The molecule has 126 valence electrons. The van der Waals surface area contributed by atoms with Gasteiger partial charge in [-0.25, -0.2) is 0 Å². The molecule has 3 rings (SSSR count). The number of amides is 1. The van der Waals surface area contributed by atoms with E-state index in [9.17, 15) is 4.79 Å². The maximum atomic E-state index is 12.2. The Morgan fingerprint density at radius 3 is 2.71 bits per heavy atom. The van der Waals surface area contributed by atoms with Gasteiger partial charge in [-0.2, -0.15) is 0 Å². The first-order valence-electron chi connectivity index (χ1n) is 7.78. The van der Waals surface area contributed by atoms with Crippen LogP contribution in [0.4, 0.5) is 0 Å². The Kier molecular flexibility index (Phi) is 5.27. The Morgan fingerprint density at radius 1 is 1.25 bits per heavy atom. The minimum atomic E-state index is -0.233. The molecule has 0 radical (unpaired) electrons. The van der Waals surface area contributed by atoms with Crippen molar-refractivity contribution in [1.82, 2.24) is 15.5 Å². The molecule has 0 unspecified atom stereocenters. The molecule has 6 nitrogen and oxygen atoms in total.